The maximum absolute atomic E-state index is 12.7. The highest BCUT2D eigenvalue weighted by Crippen LogP contribution is 2.15. The largest absolute Gasteiger partial charge is 0.497 e. The summed E-state index contributed by atoms with van der Waals surface area (Å²) in [5.74, 6) is 0.988. The second-order valence-corrected chi connectivity index (χ2v) is 6.65. The summed E-state index contributed by atoms with van der Waals surface area (Å²) in [6.07, 6.45) is 2.91. The number of aromatic nitrogens is 2. The van der Waals surface area contributed by atoms with E-state index in [9.17, 15) is 9.59 Å². The topological polar surface area (TPSA) is 88.4 Å². The van der Waals surface area contributed by atoms with E-state index in [2.05, 4.69) is 10.2 Å². The SMILES string of the molecule is COc1ccc(CCc2cc(C)c(C(=O)N(C)Cc3ccn[nH]3)c(=O)o2)cc1. The van der Waals surface area contributed by atoms with Crippen LogP contribution in [-0.2, 0) is 19.4 Å². The molecule has 2 heterocycles. The van der Waals surface area contributed by atoms with Crippen molar-refractivity contribution in [3.63, 3.8) is 0 Å². The molecule has 28 heavy (non-hydrogen) atoms. The van der Waals surface area contributed by atoms with Crippen LogP contribution in [0.15, 0.2) is 51.8 Å². The molecular weight excluding hydrogens is 358 g/mol. The fourth-order valence-corrected chi connectivity index (χ4v) is 3.00. The van der Waals surface area contributed by atoms with E-state index in [-0.39, 0.29) is 11.5 Å². The van der Waals surface area contributed by atoms with E-state index in [0.29, 0.717) is 24.3 Å². The third-order valence-electron chi connectivity index (χ3n) is 4.55. The number of carbonyl (C=O) groups excluding carboxylic acids is 1. The van der Waals surface area contributed by atoms with Gasteiger partial charge in [0.25, 0.3) is 5.91 Å². The Kier molecular flexibility index (Phi) is 5.93. The van der Waals surface area contributed by atoms with E-state index >= 15 is 0 Å². The summed E-state index contributed by atoms with van der Waals surface area (Å²) in [6.45, 7) is 2.09. The van der Waals surface area contributed by atoms with E-state index in [0.717, 1.165) is 23.4 Å². The van der Waals surface area contributed by atoms with Crippen molar-refractivity contribution in [2.24, 2.45) is 0 Å². The second kappa shape index (κ2) is 8.56. The van der Waals surface area contributed by atoms with E-state index in [1.807, 2.05) is 24.3 Å². The van der Waals surface area contributed by atoms with E-state index in [1.54, 1.807) is 39.4 Å². The molecule has 3 aromatic rings. The molecule has 3 rings (SSSR count). The summed E-state index contributed by atoms with van der Waals surface area (Å²) in [5, 5.41) is 6.66. The zero-order valence-electron chi connectivity index (χ0n) is 16.2. The number of hydrogen-bond donors (Lipinski definition) is 1. The van der Waals surface area contributed by atoms with Crippen LogP contribution in [0.5, 0.6) is 5.75 Å². The van der Waals surface area contributed by atoms with Gasteiger partial charge in [0.05, 0.1) is 19.3 Å². The van der Waals surface area contributed by atoms with Crippen LogP contribution in [-0.4, -0.2) is 35.2 Å². The Morgan fingerprint density at radius 2 is 1.96 bits per heavy atom. The Hall–Kier alpha value is -3.35. The third kappa shape index (κ3) is 4.49. The highest BCUT2D eigenvalue weighted by Gasteiger charge is 2.21. The lowest BCUT2D eigenvalue weighted by atomic mass is 10.1. The minimum Gasteiger partial charge on any atom is -0.497 e. The van der Waals surface area contributed by atoms with Crippen LogP contribution in [0.3, 0.4) is 0 Å². The van der Waals surface area contributed by atoms with Gasteiger partial charge in [-0.05, 0) is 48.7 Å². The Labute approximate surface area is 162 Å². The van der Waals surface area contributed by atoms with Crippen LogP contribution in [0.4, 0.5) is 0 Å². The zero-order chi connectivity index (χ0) is 20.1. The first-order valence-corrected chi connectivity index (χ1v) is 8.98. The lowest BCUT2D eigenvalue weighted by Gasteiger charge is -2.16. The molecule has 0 spiro atoms. The average molecular weight is 381 g/mol. The third-order valence-corrected chi connectivity index (χ3v) is 4.55. The predicted molar refractivity (Wildman–Crippen MR) is 105 cm³/mol. The first kappa shape index (κ1) is 19.4. The highest BCUT2D eigenvalue weighted by molar-refractivity contribution is 5.94. The molecule has 0 bridgehead atoms. The normalized spacial score (nSPS) is 10.7. The van der Waals surface area contributed by atoms with Crippen LogP contribution in [0, 0.1) is 6.92 Å². The zero-order valence-corrected chi connectivity index (χ0v) is 16.2. The van der Waals surface area contributed by atoms with Crippen molar-refractivity contribution in [3.8, 4) is 5.75 Å². The summed E-state index contributed by atoms with van der Waals surface area (Å²) in [7, 11) is 3.27. The number of hydrogen-bond acceptors (Lipinski definition) is 5. The number of methoxy groups -OCH3 is 1. The van der Waals surface area contributed by atoms with Gasteiger partial charge in [-0.25, -0.2) is 4.79 Å². The molecule has 0 fully saturated rings. The number of carbonyl (C=O) groups is 1. The van der Waals surface area contributed by atoms with Gasteiger partial charge in [-0.3, -0.25) is 9.89 Å². The molecule has 0 aliphatic heterocycles. The van der Waals surface area contributed by atoms with Crippen LogP contribution < -0.4 is 10.4 Å². The first-order valence-electron chi connectivity index (χ1n) is 8.98. The maximum Gasteiger partial charge on any atom is 0.349 e. The summed E-state index contributed by atoms with van der Waals surface area (Å²) >= 11 is 0. The Balaban J connectivity index is 1.71. The van der Waals surface area contributed by atoms with Crippen LogP contribution in [0.1, 0.15) is 32.9 Å². The van der Waals surface area contributed by atoms with Crippen LogP contribution in [0.2, 0.25) is 0 Å². The predicted octanol–water partition coefficient (Wildman–Crippen LogP) is 2.74. The van der Waals surface area contributed by atoms with Gasteiger partial charge in [-0.2, -0.15) is 5.10 Å². The number of nitrogens with zero attached hydrogens (tertiary/aromatic N) is 2. The standard InChI is InChI=1S/C21H23N3O4/c1-14-12-18(9-6-15-4-7-17(27-3)8-5-15)28-21(26)19(14)20(25)24(2)13-16-10-11-22-23-16/h4-5,7-8,10-12H,6,9,13H2,1-3H3,(H,22,23). The van der Waals surface area contributed by atoms with Gasteiger partial charge in [0, 0.05) is 19.7 Å². The van der Waals surface area contributed by atoms with Gasteiger partial charge >= 0.3 is 5.63 Å². The molecule has 1 N–H and O–H groups in total. The molecule has 0 unspecified atom stereocenters. The molecule has 146 valence electrons. The number of ether oxygens (including phenoxy) is 1. The summed E-state index contributed by atoms with van der Waals surface area (Å²) in [5.41, 5.74) is 1.97. The van der Waals surface area contributed by atoms with Crippen molar-refractivity contribution in [2.75, 3.05) is 14.2 Å². The quantitative estimate of drug-likeness (QED) is 0.680. The number of rotatable bonds is 7. The minimum absolute atomic E-state index is 0.0650. The van der Waals surface area contributed by atoms with Crippen molar-refractivity contribution < 1.29 is 13.9 Å². The Morgan fingerprint density at radius 3 is 2.57 bits per heavy atom. The number of benzene rings is 1. The number of H-pyrrole nitrogens is 1. The summed E-state index contributed by atoms with van der Waals surface area (Å²) in [6, 6.07) is 11.3. The fourth-order valence-electron chi connectivity index (χ4n) is 3.00. The molecule has 1 amide bonds. The summed E-state index contributed by atoms with van der Waals surface area (Å²) < 4.78 is 10.6. The smallest absolute Gasteiger partial charge is 0.349 e. The lowest BCUT2D eigenvalue weighted by Crippen LogP contribution is -2.31. The van der Waals surface area contributed by atoms with Gasteiger partial charge < -0.3 is 14.1 Å². The molecule has 7 nitrogen and oxygen atoms in total. The van der Waals surface area contributed by atoms with Gasteiger partial charge in [-0.15, -0.1) is 0 Å². The number of nitrogens with one attached hydrogen (secondary N) is 1. The first-order chi connectivity index (χ1) is 13.5. The molecule has 0 aliphatic rings. The Morgan fingerprint density at radius 1 is 1.21 bits per heavy atom. The second-order valence-electron chi connectivity index (χ2n) is 6.65. The van der Waals surface area contributed by atoms with Crippen molar-refractivity contribution in [1.29, 1.82) is 0 Å². The highest BCUT2D eigenvalue weighted by atomic mass is 16.5. The number of aryl methyl sites for hydroxylation is 3. The van der Waals surface area contributed by atoms with Crippen molar-refractivity contribution in [1.82, 2.24) is 15.1 Å². The number of amides is 1. The van der Waals surface area contributed by atoms with Gasteiger partial charge in [0.2, 0.25) is 0 Å². The van der Waals surface area contributed by atoms with Gasteiger partial charge in [0.1, 0.15) is 17.1 Å². The van der Waals surface area contributed by atoms with Crippen LogP contribution in [0.25, 0.3) is 0 Å². The van der Waals surface area contributed by atoms with Crippen molar-refractivity contribution in [3.05, 3.63) is 81.2 Å². The van der Waals surface area contributed by atoms with Crippen molar-refractivity contribution in [2.45, 2.75) is 26.3 Å². The molecule has 0 saturated carbocycles. The van der Waals surface area contributed by atoms with E-state index in [4.69, 9.17) is 9.15 Å². The minimum atomic E-state index is -0.605. The monoisotopic (exact) mass is 381 g/mol. The van der Waals surface area contributed by atoms with Gasteiger partial charge in [0.15, 0.2) is 0 Å². The molecule has 7 heteroatoms. The van der Waals surface area contributed by atoms with Crippen LogP contribution >= 0.6 is 0 Å². The molecule has 0 atom stereocenters. The average Bonchev–Trinajstić information content (AvgIpc) is 3.19. The lowest BCUT2D eigenvalue weighted by molar-refractivity contribution is 0.0777. The molecule has 0 aliphatic carbocycles. The summed E-state index contributed by atoms with van der Waals surface area (Å²) in [4.78, 5) is 26.6. The molecule has 1 aromatic carbocycles. The molecule has 0 saturated heterocycles. The number of aromatic amines is 1. The van der Waals surface area contributed by atoms with E-state index < -0.39 is 5.63 Å². The Bertz CT molecular complexity index is 991. The molecule has 0 radical (unpaired) electrons. The molecular formula is C21H23N3O4. The van der Waals surface area contributed by atoms with E-state index in [1.165, 1.54) is 4.90 Å². The molecule has 2 aromatic heterocycles. The van der Waals surface area contributed by atoms with Crippen molar-refractivity contribution >= 4 is 5.91 Å². The fraction of sp³-hybridized carbons (Fsp3) is 0.286. The maximum atomic E-state index is 12.7. The van der Waals surface area contributed by atoms with Gasteiger partial charge in [-0.1, -0.05) is 12.1 Å².